The fourth-order valence-corrected chi connectivity index (χ4v) is 11.3. The van der Waals surface area contributed by atoms with E-state index in [9.17, 15) is 43.2 Å². The first-order chi connectivity index (χ1) is 45.8. The minimum Gasteiger partial charge on any atom is -0.382 e. The Morgan fingerprint density at radius 2 is 1.12 bits per heavy atom. The highest BCUT2D eigenvalue weighted by Crippen LogP contribution is 2.32. The molecule has 0 bridgehead atoms. The van der Waals surface area contributed by atoms with E-state index in [1.807, 2.05) is 23.0 Å². The number of anilines is 1. The van der Waals surface area contributed by atoms with Crippen LogP contribution in [0.5, 0.6) is 0 Å². The lowest BCUT2D eigenvalue weighted by Gasteiger charge is -2.27. The summed E-state index contributed by atoms with van der Waals surface area (Å²) in [5, 5.41) is 17.0. The third-order valence-electron chi connectivity index (χ3n) is 16.0. The second kappa shape index (κ2) is 32.4. The molecule has 4 aromatic heterocycles. The average Bonchev–Trinajstić information content (AvgIpc) is 1.63. The predicted molar refractivity (Wildman–Crippen MR) is 342 cm³/mol. The van der Waals surface area contributed by atoms with Crippen LogP contribution in [0.1, 0.15) is 113 Å². The van der Waals surface area contributed by atoms with Crippen molar-refractivity contribution in [1.82, 2.24) is 53.4 Å². The van der Waals surface area contributed by atoms with Crippen molar-refractivity contribution in [3.63, 3.8) is 0 Å². The third-order valence-corrected chi connectivity index (χ3v) is 16.0. The molecule has 3 aromatic carbocycles. The highest BCUT2D eigenvalue weighted by molar-refractivity contribution is 6.25. The molecule has 1 fully saturated rings. The number of carbonyl (C=O) groups is 9. The summed E-state index contributed by atoms with van der Waals surface area (Å²) in [6, 6.07) is 17.1. The normalized spacial score (nSPS) is 14.8. The molecule has 9 rings (SSSR count). The molecule has 506 valence electrons. The number of hydrogen-bond donors (Lipinski definition) is 5. The van der Waals surface area contributed by atoms with Crippen LogP contribution >= 0.6 is 0 Å². The van der Waals surface area contributed by atoms with Crippen molar-refractivity contribution in [1.29, 1.82) is 0 Å². The Balaban J connectivity index is 0.743. The Labute approximate surface area is 545 Å². The number of aromatic nitrogens is 8. The van der Waals surface area contributed by atoms with E-state index < -0.39 is 65.3 Å². The Hall–Kier alpha value is -9.79. The summed E-state index contributed by atoms with van der Waals surface area (Å²) >= 11 is 0. The van der Waals surface area contributed by atoms with Gasteiger partial charge in [-0.25, -0.2) is 0 Å². The smallest absolute Gasteiger partial charge is 0.298 e. The van der Waals surface area contributed by atoms with Gasteiger partial charge in [0.15, 0.2) is 0 Å². The van der Waals surface area contributed by atoms with Gasteiger partial charge in [-0.05, 0) is 108 Å². The maximum absolute atomic E-state index is 14.0. The van der Waals surface area contributed by atoms with Crippen LogP contribution in [0.4, 0.5) is 5.69 Å². The first-order valence-corrected chi connectivity index (χ1v) is 31.4. The fourth-order valence-electron chi connectivity index (χ4n) is 11.3. The molecule has 31 heteroatoms. The number of hydrogen-bond acceptors (Lipinski definition) is 18. The molecular weight excluding hydrogens is 1230 g/mol. The monoisotopic (exact) mass is 1310 g/mol. The number of amides is 9. The largest absolute Gasteiger partial charge is 0.382 e. The SMILES string of the molecule is CCn1nc(C)cc1C(=O)N=c1n(C)c2cc(C(N)=O)ccc2n1CCC(CCn1c(=NC(=O)c2cc(C)nn2CC)n(C)c2cc(C(N)=O)ccc21)OCC(=O)NCCOCCOCCOCCOCCOCCNc1cccc2c1C(=O)N(C1CCC(=O)NC1=O)C2=O. The van der Waals surface area contributed by atoms with Gasteiger partial charge in [-0.2, -0.15) is 20.2 Å². The van der Waals surface area contributed by atoms with E-state index in [0.717, 1.165) is 4.90 Å². The summed E-state index contributed by atoms with van der Waals surface area (Å²) in [6.45, 7) is 11.7. The summed E-state index contributed by atoms with van der Waals surface area (Å²) in [4.78, 5) is 127. The quantitative estimate of drug-likeness (QED) is 0.0278. The molecule has 0 aliphatic carbocycles. The second-order valence-electron chi connectivity index (χ2n) is 22.5. The van der Waals surface area contributed by atoms with E-state index >= 15 is 0 Å². The Morgan fingerprint density at radius 1 is 0.632 bits per heavy atom. The number of carbonyl (C=O) groups excluding carboxylic acids is 9. The zero-order valence-corrected chi connectivity index (χ0v) is 54.1. The lowest BCUT2D eigenvalue weighted by atomic mass is 10.0. The van der Waals surface area contributed by atoms with Crippen LogP contribution in [0.25, 0.3) is 22.1 Å². The van der Waals surface area contributed by atoms with Crippen LogP contribution in [0, 0.1) is 13.8 Å². The van der Waals surface area contributed by atoms with E-state index in [1.165, 1.54) is 6.07 Å². The highest BCUT2D eigenvalue weighted by Gasteiger charge is 2.45. The van der Waals surface area contributed by atoms with Gasteiger partial charge in [-0.3, -0.25) is 62.7 Å². The van der Waals surface area contributed by atoms with E-state index in [1.54, 1.807) is 107 Å². The number of aryl methyl sites for hydroxylation is 8. The number of imide groups is 2. The number of rotatable bonds is 35. The minimum absolute atomic E-state index is 0.0341. The lowest BCUT2D eigenvalue weighted by Crippen LogP contribution is -2.54. The summed E-state index contributed by atoms with van der Waals surface area (Å²) in [5.41, 5.74) is 17.6. The molecule has 0 spiro atoms. The maximum atomic E-state index is 14.0. The van der Waals surface area contributed by atoms with E-state index in [0.29, 0.717) is 110 Å². The second-order valence-corrected chi connectivity index (χ2v) is 22.5. The number of nitrogens with zero attached hydrogens (tertiary/aromatic N) is 11. The molecule has 6 heterocycles. The molecule has 9 amide bonds. The number of nitrogens with two attached hydrogens (primary N) is 2. The van der Waals surface area contributed by atoms with Crippen molar-refractivity contribution in [2.45, 2.75) is 91.7 Å². The van der Waals surface area contributed by atoms with E-state index in [4.69, 9.17) is 39.9 Å². The van der Waals surface area contributed by atoms with Crippen LogP contribution < -0.4 is 38.7 Å². The molecular formula is C64H80N16O15. The summed E-state index contributed by atoms with van der Waals surface area (Å²) < 4.78 is 44.9. The van der Waals surface area contributed by atoms with Crippen molar-refractivity contribution < 1.29 is 71.6 Å². The molecule has 0 saturated carbocycles. The molecule has 31 nitrogen and oxygen atoms in total. The molecule has 2 aliphatic heterocycles. The van der Waals surface area contributed by atoms with Gasteiger partial charge in [0.2, 0.25) is 40.8 Å². The van der Waals surface area contributed by atoms with E-state index in [-0.39, 0.29) is 112 Å². The van der Waals surface area contributed by atoms with Gasteiger partial charge < -0.3 is 68.8 Å². The number of nitrogens with one attached hydrogen (secondary N) is 3. The van der Waals surface area contributed by atoms with Crippen LogP contribution in [0.3, 0.4) is 0 Å². The van der Waals surface area contributed by atoms with Crippen molar-refractivity contribution in [3.05, 3.63) is 123 Å². The number of primary amides is 2. The van der Waals surface area contributed by atoms with Gasteiger partial charge in [-0.15, -0.1) is 0 Å². The third kappa shape index (κ3) is 16.8. The molecule has 2 aliphatic rings. The van der Waals surface area contributed by atoms with Gasteiger partial charge in [0, 0.05) is 76.6 Å². The van der Waals surface area contributed by atoms with Gasteiger partial charge >= 0.3 is 0 Å². The number of fused-ring (bicyclic) bond motifs is 3. The van der Waals surface area contributed by atoms with Crippen LogP contribution in [-0.4, -0.2) is 194 Å². The molecule has 1 saturated heterocycles. The Bertz CT molecular complexity index is 4010. The predicted octanol–water partition coefficient (Wildman–Crippen LogP) is 1.58. The summed E-state index contributed by atoms with van der Waals surface area (Å²) in [6.07, 6.45) is -0.0225. The molecule has 1 unspecified atom stereocenters. The zero-order chi connectivity index (χ0) is 67.9. The summed E-state index contributed by atoms with van der Waals surface area (Å²) in [7, 11) is 3.47. The number of piperidine rings is 1. The fraction of sp³-hybridized carbons (Fsp3) is 0.453. The average molecular weight is 1310 g/mol. The molecule has 7 N–H and O–H groups in total. The number of benzene rings is 3. The Kier molecular flexibility index (Phi) is 23.7. The van der Waals surface area contributed by atoms with Crippen LogP contribution in [-0.2, 0) is 83.1 Å². The zero-order valence-electron chi connectivity index (χ0n) is 54.1. The standard InChI is InChI=1S/C64H80N16O15/c1-7-78-51(34-39(3)72-78)59(86)70-63-74(5)49-36-41(56(65)83)12-14-46(49)76(63)22-18-43(19-23-77-47-15-13-42(57(66)84)37-50(47)75(6)64(77)71-60(87)52-35-40(4)73-79(52)8-2)95-38-54(82)68-21-25-91-27-29-93-31-33-94-32-30-92-28-26-90-24-20-67-45-11-9-10-44-55(45)62(89)80(61(44)88)48-16-17-53(81)69-58(48)85/h9-15,34-37,43,48,67H,7-8,16-33,38H2,1-6H3,(H2,65,83)(H2,66,84)(H,68,82)(H,69,81,85). The van der Waals surface area contributed by atoms with Crippen molar-refractivity contribution in [3.8, 4) is 0 Å². The van der Waals surface area contributed by atoms with Crippen molar-refractivity contribution in [2.24, 2.45) is 35.5 Å². The lowest BCUT2D eigenvalue weighted by molar-refractivity contribution is -0.136. The van der Waals surface area contributed by atoms with Gasteiger partial charge in [0.1, 0.15) is 24.0 Å². The maximum Gasteiger partial charge on any atom is 0.298 e. The van der Waals surface area contributed by atoms with Gasteiger partial charge in [-0.1, -0.05) is 6.07 Å². The van der Waals surface area contributed by atoms with Gasteiger partial charge in [0.05, 0.1) is 117 Å². The van der Waals surface area contributed by atoms with Crippen LogP contribution in [0.15, 0.2) is 76.7 Å². The molecule has 0 radical (unpaired) electrons. The highest BCUT2D eigenvalue weighted by atomic mass is 16.6. The number of imidazole rings is 2. The topological polar surface area (TPSA) is 380 Å². The first-order valence-electron chi connectivity index (χ1n) is 31.4. The van der Waals surface area contributed by atoms with Crippen molar-refractivity contribution in [2.75, 3.05) is 91.1 Å². The first kappa shape index (κ1) is 69.5. The molecule has 1 atom stereocenters. The van der Waals surface area contributed by atoms with Crippen molar-refractivity contribution >= 4 is 80.9 Å². The minimum atomic E-state index is -1.05. The van der Waals surface area contributed by atoms with E-state index in [2.05, 4.69) is 36.1 Å². The van der Waals surface area contributed by atoms with Crippen LogP contribution in [0.2, 0.25) is 0 Å². The summed E-state index contributed by atoms with van der Waals surface area (Å²) in [5.74, 6) is -5.03. The van der Waals surface area contributed by atoms with Gasteiger partial charge in [0.25, 0.3) is 23.6 Å². The Morgan fingerprint density at radius 3 is 1.59 bits per heavy atom. The number of ether oxygens (including phenoxy) is 6. The molecule has 7 aromatic rings. The molecule has 95 heavy (non-hydrogen) atoms.